The van der Waals surface area contributed by atoms with Crippen molar-refractivity contribution >= 4 is 18.3 Å². The lowest BCUT2D eigenvalue weighted by Crippen LogP contribution is -2.41. The van der Waals surface area contributed by atoms with Crippen LogP contribution in [0.15, 0.2) is 91.0 Å². The van der Waals surface area contributed by atoms with Gasteiger partial charge >= 0.3 is 0 Å². The number of aliphatic hydroxyl groups excluding tert-OH is 1. The predicted molar refractivity (Wildman–Crippen MR) is 131 cm³/mol. The zero-order valence-corrected chi connectivity index (χ0v) is 19.2. The summed E-state index contributed by atoms with van der Waals surface area (Å²) in [6.45, 7) is 2.22. The minimum absolute atomic E-state index is 0. The Bertz CT molecular complexity index is 929. The van der Waals surface area contributed by atoms with Crippen LogP contribution in [0.5, 0.6) is 0 Å². The highest BCUT2D eigenvalue weighted by atomic mass is 35.5. The SMILES string of the molecule is CN(C(=O)C(c1ccccc1)c1ccccc1)[C@H](CN1CC[C@H](O)C1)c1ccccc1.Cl. The Morgan fingerprint density at radius 1 is 0.906 bits per heavy atom. The zero-order chi connectivity index (χ0) is 21.6. The molecule has 0 saturated carbocycles. The van der Waals surface area contributed by atoms with Crippen molar-refractivity contribution in [3.05, 3.63) is 108 Å². The van der Waals surface area contributed by atoms with Crippen LogP contribution in [0.25, 0.3) is 0 Å². The molecule has 1 saturated heterocycles. The molecule has 0 radical (unpaired) electrons. The molecule has 0 bridgehead atoms. The van der Waals surface area contributed by atoms with Crippen LogP contribution >= 0.6 is 12.4 Å². The minimum atomic E-state index is -0.359. The van der Waals surface area contributed by atoms with Gasteiger partial charge in [0, 0.05) is 26.7 Å². The largest absolute Gasteiger partial charge is 0.392 e. The lowest BCUT2D eigenvalue weighted by molar-refractivity contribution is -0.133. The summed E-state index contributed by atoms with van der Waals surface area (Å²) in [5, 5.41) is 9.99. The van der Waals surface area contributed by atoms with E-state index in [4.69, 9.17) is 0 Å². The van der Waals surface area contributed by atoms with E-state index in [1.807, 2.05) is 90.8 Å². The third kappa shape index (κ3) is 5.57. The summed E-state index contributed by atoms with van der Waals surface area (Å²) in [4.78, 5) is 18.1. The molecule has 168 valence electrons. The number of hydrogen-bond donors (Lipinski definition) is 1. The van der Waals surface area contributed by atoms with E-state index >= 15 is 0 Å². The fraction of sp³-hybridized carbons (Fsp3) is 0.296. The van der Waals surface area contributed by atoms with E-state index in [-0.39, 0.29) is 36.4 Å². The lowest BCUT2D eigenvalue weighted by atomic mass is 9.89. The molecule has 1 N–H and O–H groups in total. The van der Waals surface area contributed by atoms with E-state index in [0.717, 1.165) is 29.7 Å². The van der Waals surface area contributed by atoms with Gasteiger partial charge in [0.05, 0.1) is 18.1 Å². The number of β-amino-alcohol motifs (C(OH)–C–C–N with tert-alkyl or cyclic N) is 1. The smallest absolute Gasteiger partial charge is 0.234 e. The molecule has 0 unspecified atom stereocenters. The summed E-state index contributed by atoms with van der Waals surface area (Å²) in [5.74, 6) is -0.284. The second kappa shape index (κ2) is 11.3. The number of rotatable bonds is 7. The number of benzene rings is 3. The first kappa shape index (κ1) is 24.0. The summed E-state index contributed by atoms with van der Waals surface area (Å²) in [6.07, 6.45) is 0.509. The van der Waals surface area contributed by atoms with Crippen molar-refractivity contribution in [1.29, 1.82) is 0 Å². The van der Waals surface area contributed by atoms with Gasteiger partial charge in [-0.1, -0.05) is 91.0 Å². The van der Waals surface area contributed by atoms with Crippen LogP contribution < -0.4 is 0 Å². The van der Waals surface area contributed by atoms with Gasteiger partial charge in [0.2, 0.25) is 5.91 Å². The van der Waals surface area contributed by atoms with Crippen molar-refractivity contribution in [2.24, 2.45) is 0 Å². The van der Waals surface area contributed by atoms with Gasteiger partial charge in [-0.2, -0.15) is 0 Å². The molecule has 1 aliphatic heterocycles. The predicted octanol–water partition coefficient (Wildman–Crippen LogP) is 4.51. The average Bonchev–Trinajstić information content (AvgIpc) is 3.24. The topological polar surface area (TPSA) is 43.8 Å². The highest BCUT2D eigenvalue weighted by Crippen LogP contribution is 2.31. The summed E-state index contributed by atoms with van der Waals surface area (Å²) in [7, 11) is 1.91. The molecule has 0 aliphatic carbocycles. The molecule has 0 aromatic heterocycles. The Hall–Kier alpha value is -2.66. The highest BCUT2D eigenvalue weighted by molar-refractivity contribution is 5.87. The fourth-order valence-electron chi connectivity index (χ4n) is 4.48. The Morgan fingerprint density at radius 3 is 1.81 bits per heavy atom. The minimum Gasteiger partial charge on any atom is -0.392 e. The first-order valence-corrected chi connectivity index (χ1v) is 11.0. The normalized spacial score (nSPS) is 17.0. The quantitative estimate of drug-likeness (QED) is 0.576. The van der Waals surface area contributed by atoms with Crippen LogP contribution in [-0.4, -0.2) is 53.6 Å². The van der Waals surface area contributed by atoms with E-state index in [0.29, 0.717) is 13.1 Å². The van der Waals surface area contributed by atoms with Crippen LogP contribution in [0, 0.1) is 0 Å². The molecule has 5 heteroatoms. The van der Waals surface area contributed by atoms with Gasteiger partial charge in [-0.15, -0.1) is 12.4 Å². The summed E-state index contributed by atoms with van der Waals surface area (Å²) in [6, 6.07) is 30.1. The average molecular weight is 451 g/mol. The molecule has 3 aromatic rings. The molecular formula is C27H31ClN2O2. The van der Waals surface area contributed by atoms with E-state index in [2.05, 4.69) is 17.0 Å². The molecule has 4 nitrogen and oxygen atoms in total. The number of nitrogens with zero attached hydrogens (tertiary/aromatic N) is 2. The molecule has 3 aromatic carbocycles. The molecular weight excluding hydrogens is 420 g/mol. The van der Waals surface area contributed by atoms with Crippen LogP contribution in [-0.2, 0) is 4.79 Å². The van der Waals surface area contributed by atoms with Gasteiger partial charge in [-0.05, 0) is 23.1 Å². The number of likely N-dealkylation sites (N-methyl/N-ethyl adjacent to an activating group) is 1. The summed E-state index contributed by atoms with van der Waals surface area (Å²) >= 11 is 0. The molecule has 1 amide bonds. The first-order valence-electron chi connectivity index (χ1n) is 11.0. The third-order valence-electron chi connectivity index (χ3n) is 6.19. The standard InChI is InChI=1S/C27H30N2O2.ClH/c1-28(25(21-11-5-2-6-12-21)20-29-18-17-24(30)19-29)27(31)26(22-13-7-3-8-14-22)23-15-9-4-10-16-23;/h2-16,24-26,30H,17-20H2,1H3;1H/t24-,25+;/m0./s1. The molecule has 32 heavy (non-hydrogen) atoms. The van der Waals surface area contributed by atoms with Crippen molar-refractivity contribution in [2.75, 3.05) is 26.7 Å². The Morgan fingerprint density at radius 2 is 1.38 bits per heavy atom. The number of halogens is 1. The number of hydrogen-bond acceptors (Lipinski definition) is 3. The van der Waals surface area contributed by atoms with E-state index in [1.54, 1.807) is 0 Å². The van der Waals surface area contributed by atoms with Crippen molar-refractivity contribution in [2.45, 2.75) is 24.5 Å². The fourth-order valence-corrected chi connectivity index (χ4v) is 4.48. The van der Waals surface area contributed by atoms with Crippen LogP contribution in [0.1, 0.15) is 35.1 Å². The van der Waals surface area contributed by atoms with E-state index in [9.17, 15) is 9.90 Å². The van der Waals surface area contributed by atoms with Crippen LogP contribution in [0.2, 0.25) is 0 Å². The van der Waals surface area contributed by atoms with Gasteiger partial charge in [0.25, 0.3) is 0 Å². The monoisotopic (exact) mass is 450 g/mol. The number of carbonyl (C=O) groups is 1. The molecule has 1 aliphatic rings. The maximum atomic E-state index is 14.0. The Balaban J connectivity index is 0.00000289. The maximum absolute atomic E-state index is 14.0. The van der Waals surface area contributed by atoms with Crippen LogP contribution in [0.4, 0.5) is 0 Å². The molecule has 4 rings (SSSR count). The van der Waals surface area contributed by atoms with Gasteiger partial charge < -0.3 is 10.0 Å². The van der Waals surface area contributed by atoms with Crippen molar-refractivity contribution < 1.29 is 9.90 Å². The van der Waals surface area contributed by atoms with Crippen molar-refractivity contribution in [3.63, 3.8) is 0 Å². The second-order valence-electron chi connectivity index (χ2n) is 8.33. The molecule has 0 spiro atoms. The Kier molecular flexibility index (Phi) is 8.46. The third-order valence-corrected chi connectivity index (χ3v) is 6.19. The highest BCUT2D eigenvalue weighted by Gasteiger charge is 2.32. The lowest BCUT2D eigenvalue weighted by Gasteiger charge is -2.34. The van der Waals surface area contributed by atoms with Crippen molar-refractivity contribution in [1.82, 2.24) is 9.80 Å². The van der Waals surface area contributed by atoms with Gasteiger partial charge in [0.1, 0.15) is 0 Å². The summed E-state index contributed by atoms with van der Waals surface area (Å²) in [5.41, 5.74) is 3.10. The van der Waals surface area contributed by atoms with Gasteiger partial charge in [0.15, 0.2) is 0 Å². The zero-order valence-electron chi connectivity index (χ0n) is 18.4. The number of amides is 1. The summed E-state index contributed by atoms with van der Waals surface area (Å²) < 4.78 is 0. The number of likely N-dealkylation sites (tertiary alicyclic amines) is 1. The molecule has 1 heterocycles. The maximum Gasteiger partial charge on any atom is 0.234 e. The van der Waals surface area contributed by atoms with Gasteiger partial charge in [-0.3, -0.25) is 9.69 Å². The van der Waals surface area contributed by atoms with E-state index < -0.39 is 0 Å². The molecule has 1 fully saturated rings. The molecule has 2 atom stereocenters. The number of aliphatic hydroxyl groups is 1. The van der Waals surface area contributed by atoms with E-state index in [1.165, 1.54) is 0 Å². The second-order valence-corrected chi connectivity index (χ2v) is 8.33. The van der Waals surface area contributed by atoms with Crippen molar-refractivity contribution in [3.8, 4) is 0 Å². The Labute approximate surface area is 196 Å². The van der Waals surface area contributed by atoms with Crippen LogP contribution in [0.3, 0.4) is 0 Å². The number of carbonyl (C=O) groups excluding carboxylic acids is 1. The first-order chi connectivity index (χ1) is 15.1. The van der Waals surface area contributed by atoms with Gasteiger partial charge in [-0.25, -0.2) is 0 Å².